The quantitative estimate of drug-likeness (QED) is 0.851. The molecule has 1 heterocycles. The van der Waals surface area contributed by atoms with Gasteiger partial charge in [-0.25, -0.2) is 0 Å². The predicted molar refractivity (Wildman–Crippen MR) is 79.4 cm³/mol. The van der Waals surface area contributed by atoms with Gasteiger partial charge in [0.15, 0.2) is 5.76 Å². The van der Waals surface area contributed by atoms with Crippen LogP contribution in [0.1, 0.15) is 35.7 Å². The second-order valence-corrected chi connectivity index (χ2v) is 4.68. The summed E-state index contributed by atoms with van der Waals surface area (Å²) >= 11 is 0. The van der Waals surface area contributed by atoms with Gasteiger partial charge in [-0.15, -0.1) is 0 Å². The summed E-state index contributed by atoms with van der Waals surface area (Å²) in [4.78, 5) is 14.1. The van der Waals surface area contributed by atoms with Gasteiger partial charge >= 0.3 is 0 Å². The molecular weight excluding hydrogens is 252 g/mol. The molecule has 0 atom stereocenters. The van der Waals surface area contributed by atoms with Crippen LogP contribution < -0.4 is 5.73 Å². The summed E-state index contributed by atoms with van der Waals surface area (Å²) in [5.74, 6) is 1.13. The minimum atomic E-state index is -0.0883. The maximum absolute atomic E-state index is 12.4. The highest BCUT2D eigenvalue weighted by molar-refractivity contribution is 5.91. The molecule has 0 saturated heterocycles. The standard InChI is InChI=1S/C16H20N2O2/c1-3-14-8-9-15(20-14)16(19)18(4-2)11-12-6-5-7-13(17)10-12/h5-10H,3-4,11,17H2,1-2H3. The Morgan fingerprint density at radius 1 is 1.25 bits per heavy atom. The van der Waals surface area contributed by atoms with E-state index in [1.807, 2.05) is 44.2 Å². The van der Waals surface area contributed by atoms with Gasteiger partial charge in [0.2, 0.25) is 0 Å². The monoisotopic (exact) mass is 272 g/mol. The molecule has 0 aliphatic rings. The first-order chi connectivity index (χ1) is 9.63. The zero-order valence-corrected chi connectivity index (χ0v) is 11.9. The predicted octanol–water partition coefficient (Wildman–Crippen LogP) is 3.09. The lowest BCUT2D eigenvalue weighted by molar-refractivity contribution is 0.0718. The average Bonchev–Trinajstić information content (AvgIpc) is 2.93. The van der Waals surface area contributed by atoms with Crippen LogP contribution in [-0.4, -0.2) is 17.4 Å². The second-order valence-electron chi connectivity index (χ2n) is 4.68. The smallest absolute Gasteiger partial charge is 0.289 e. The van der Waals surface area contributed by atoms with Crippen molar-refractivity contribution in [2.24, 2.45) is 0 Å². The lowest BCUT2D eigenvalue weighted by Gasteiger charge is -2.20. The molecule has 2 aromatic rings. The Hall–Kier alpha value is -2.23. The van der Waals surface area contributed by atoms with Crippen molar-refractivity contribution in [2.75, 3.05) is 12.3 Å². The maximum Gasteiger partial charge on any atom is 0.289 e. The van der Waals surface area contributed by atoms with Crippen molar-refractivity contribution >= 4 is 11.6 Å². The van der Waals surface area contributed by atoms with E-state index in [4.69, 9.17) is 10.2 Å². The molecule has 0 fully saturated rings. The molecule has 4 nitrogen and oxygen atoms in total. The van der Waals surface area contributed by atoms with E-state index in [0.29, 0.717) is 24.5 Å². The van der Waals surface area contributed by atoms with Gasteiger partial charge in [0.05, 0.1) is 0 Å². The average molecular weight is 272 g/mol. The van der Waals surface area contributed by atoms with E-state index in [2.05, 4.69) is 0 Å². The van der Waals surface area contributed by atoms with E-state index in [1.165, 1.54) is 0 Å². The maximum atomic E-state index is 12.4. The topological polar surface area (TPSA) is 59.5 Å². The number of benzene rings is 1. The molecular formula is C16H20N2O2. The largest absolute Gasteiger partial charge is 0.456 e. The summed E-state index contributed by atoms with van der Waals surface area (Å²) in [5, 5.41) is 0. The van der Waals surface area contributed by atoms with E-state index < -0.39 is 0 Å². The van der Waals surface area contributed by atoms with E-state index in [0.717, 1.165) is 17.7 Å². The van der Waals surface area contributed by atoms with Crippen molar-refractivity contribution < 1.29 is 9.21 Å². The highest BCUT2D eigenvalue weighted by Gasteiger charge is 2.18. The van der Waals surface area contributed by atoms with Gasteiger partial charge in [-0.1, -0.05) is 19.1 Å². The van der Waals surface area contributed by atoms with Gasteiger partial charge in [0.1, 0.15) is 5.76 Å². The Morgan fingerprint density at radius 2 is 2.05 bits per heavy atom. The van der Waals surface area contributed by atoms with Gasteiger partial charge in [-0.2, -0.15) is 0 Å². The van der Waals surface area contributed by atoms with Gasteiger partial charge in [0, 0.05) is 25.2 Å². The number of nitrogen functional groups attached to an aromatic ring is 1. The van der Waals surface area contributed by atoms with Crippen LogP contribution in [0.2, 0.25) is 0 Å². The molecule has 106 valence electrons. The third-order valence-electron chi connectivity index (χ3n) is 3.21. The summed E-state index contributed by atoms with van der Waals surface area (Å²) in [7, 11) is 0. The van der Waals surface area contributed by atoms with Crippen molar-refractivity contribution in [1.29, 1.82) is 0 Å². The molecule has 1 aromatic carbocycles. The van der Waals surface area contributed by atoms with Crippen LogP contribution >= 0.6 is 0 Å². The molecule has 0 radical (unpaired) electrons. The molecule has 0 aliphatic carbocycles. The van der Waals surface area contributed by atoms with Crippen LogP contribution in [0, 0.1) is 0 Å². The molecule has 2 N–H and O–H groups in total. The zero-order valence-electron chi connectivity index (χ0n) is 11.9. The van der Waals surface area contributed by atoms with E-state index >= 15 is 0 Å². The van der Waals surface area contributed by atoms with Crippen LogP contribution in [0.3, 0.4) is 0 Å². The fourth-order valence-electron chi connectivity index (χ4n) is 2.08. The Bertz CT molecular complexity index is 590. The Labute approximate surface area is 119 Å². The molecule has 1 aromatic heterocycles. The van der Waals surface area contributed by atoms with Crippen molar-refractivity contribution in [2.45, 2.75) is 26.8 Å². The SMILES string of the molecule is CCc1ccc(C(=O)N(CC)Cc2cccc(N)c2)o1. The van der Waals surface area contributed by atoms with Gasteiger partial charge < -0.3 is 15.1 Å². The Balaban J connectivity index is 2.13. The number of aryl methyl sites for hydroxylation is 1. The van der Waals surface area contributed by atoms with Crippen LogP contribution in [0.5, 0.6) is 0 Å². The van der Waals surface area contributed by atoms with E-state index in [-0.39, 0.29) is 5.91 Å². The zero-order chi connectivity index (χ0) is 14.5. The number of anilines is 1. The first-order valence-corrected chi connectivity index (χ1v) is 6.86. The van der Waals surface area contributed by atoms with Crippen LogP contribution in [0.25, 0.3) is 0 Å². The highest BCUT2D eigenvalue weighted by Crippen LogP contribution is 2.15. The lowest BCUT2D eigenvalue weighted by Crippen LogP contribution is -2.30. The fourth-order valence-corrected chi connectivity index (χ4v) is 2.08. The molecule has 0 spiro atoms. The molecule has 20 heavy (non-hydrogen) atoms. The Morgan fingerprint density at radius 3 is 2.65 bits per heavy atom. The number of furan rings is 1. The summed E-state index contributed by atoms with van der Waals surface area (Å²) in [6.07, 6.45) is 0.786. The number of amides is 1. The summed E-state index contributed by atoms with van der Waals surface area (Å²) in [6, 6.07) is 11.2. The summed E-state index contributed by atoms with van der Waals surface area (Å²) < 4.78 is 5.52. The molecule has 0 aliphatic heterocycles. The number of rotatable bonds is 5. The molecule has 4 heteroatoms. The first-order valence-electron chi connectivity index (χ1n) is 6.86. The van der Waals surface area contributed by atoms with Gasteiger partial charge in [0.25, 0.3) is 5.91 Å². The van der Waals surface area contributed by atoms with Crippen LogP contribution in [0.4, 0.5) is 5.69 Å². The second kappa shape index (κ2) is 6.28. The fraction of sp³-hybridized carbons (Fsp3) is 0.312. The van der Waals surface area contributed by atoms with E-state index in [9.17, 15) is 4.79 Å². The molecule has 0 unspecified atom stereocenters. The third-order valence-corrected chi connectivity index (χ3v) is 3.21. The van der Waals surface area contributed by atoms with Crippen molar-refractivity contribution in [3.8, 4) is 0 Å². The van der Waals surface area contributed by atoms with Gasteiger partial charge in [-0.05, 0) is 36.8 Å². The molecule has 0 bridgehead atoms. The van der Waals surface area contributed by atoms with Crippen molar-refractivity contribution in [3.05, 3.63) is 53.5 Å². The third kappa shape index (κ3) is 3.20. The van der Waals surface area contributed by atoms with Crippen LogP contribution in [-0.2, 0) is 13.0 Å². The van der Waals surface area contributed by atoms with Gasteiger partial charge in [-0.3, -0.25) is 4.79 Å². The summed E-state index contributed by atoms with van der Waals surface area (Å²) in [6.45, 7) is 5.10. The lowest BCUT2D eigenvalue weighted by atomic mass is 10.2. The molecule has 0 saturated carbocycles. The number of hydrogen-bond acceptors (Lipinski definition) is 3. The normalized spacial score (nSPS) is 10.5. The van der Waals surface area contributed by atoms with E-state index in [1.54, 1.807) is 11.0 Å². The number of carbonyl (C=O) groups excluding carboxylic acids is 1. The summed E-state index contributed by atoms with van der Waals surface area (Å²) in [5.41, 5.74) is 7.48. The Kier molecular flexibility index (Phi) is 4.45. The number of hydrogen-bond donors (Lipinski definition) is 1. The number of nitrogens with two attached hydrogens (primary N) is 1. The van der Waals surface area contributed by atoms with Crippen LogP contribution in [0.15, 0.2) is 40.8 Å². The van der Waals surface area contributed by atoms with Crippen molar-refractivity contribution in [1.82, 2.24) is 4.90 Å². The number of carbonyl (C=O) groups is 1. The molecule has 1 amide bonds. The number of nitrogens with zero attached hydrogens (tertiary/aromatic N) is 1. The molecule has 2 rings (SSSR count). The minimum absolute atomic E-state index is 0.0883. The van der Waals surface area contributed by atoms with Crippen molar-refractivity contribution in [3.63, 3.8) is 0 Å². The first kappa shape index (κ1) is 14.2. The minimum Gasteiger partial charge on any atom is -0.456 e. The highest BCUT2D eigenvalue weighted by atomic mass is 16.4.